The number of nitrogens with zero attached hydrogens (tertiary/aromatic N) is 4. The molecule has 0 atom stereocenters. The third-order valence-corrected chi connectivity index (χ3v) is 3.77. The second-order valence-electron chi connectivity index (χ2n) is 5.54. The molecule has 0 aliphatic rings. The van der Waals surface area contributed by atoms with Gasteiger partial charge in [0, 0.05) is 48.6 Å². The van der Waals surface area contributed by atoms with Gasteiger partial charge in [0.15, 0.2) is 0 Å². The summed E-state index contributed by atoms with van der Waals surface area (Å²) in [6.45, 7) is 0. The predicted molar refractivity (Wildman–Crippen MR) is 95.4 cm³/mol. The normalized spacial score (nSPS) is 10.2. The van der Waals surface area contributed by atoms with Crippen LogP contribution in [0, 0.1) is 12.1 Å². The van der Waals surface area contributed by atoms with Gasteiger partial charge in [0.2, 0.25) is 0 Å². The molecule has 26 heavy (non-hydrogen) atoms. The third kappa shape index (κ3) is 4.27. The standard InChI is InChI=1S/C21H14N4.Pt/c1-3-16(12-18(5-1)20-14-22-7-9-24-20)11-17-4-2-6-19(13-17)21-15-23-8-10-25-21;/h1-10,14-15H,11H2;/q-2;+2. The van der Waals surface area contributed by atoms with Gasteiger partial charge in [0.1, 0.15) is 0 Å². The van der Waals surface area contributed by atoms with E-state index < -0.39 is 0 Å². The summed E-state index contributed by atoms with van der Waals surface area (Å²) in [6, 6.07) is 19.0. The minimum atomic E-state index is 0. The average molecular weight is 517 g/mol. The predicted octanol–water partition coefficient (Wildman–Crippen LogP) is 3.79. The van der Waals surface area contributed by atoms with Crippen molar-refractivity contribution in [1.82, 2.24) is 19.9 Å². The molecule has 0 saturated carbocycles. The summed E-state index contributed by atoms with van der Waals surface area (Å²) < 4.78 is 0. The Morgan fingerprint density at radius 1 is 0.654 bits per heavy atom. The van der Waals surface area contributed by atoms with Crippen LogP contribution in [0.3, 0.4) is 0 Å². The molecule has 0 spiro atoms. The summed E-state index contributed by atoms with van der Waals surface area (Å²) >= 11 is 0. The molecule has 128 valence electrons. The zero-order valence-electron chi connectivity index (χ0n) is 13.7. The fourth-order valence-electron chi connectivity index (χ4n) is 2.62. The molecule has 0 fully saturated rings. The third-order valence-electron chi connectivity index (χ3n) is 3.77. The van der Waals surface area contributed by atoms with Gasteiger partial charge >= 0.3 is 21.1 Å². The second kappa shape index (κ2) is 8.59. The van der Waals surface area contributed by atoms with Gasteiger partial charge in [-0.25, -0.2) is 0 Å². The molecule has 0 radical (unpaired) electrons. The molecule has 0 amide bonds. The molecule has 4 aromatic rings. The molecule has 0 unspecified atom stereocenters. The minimum absolute atomic E-state index is 0. The van der Waals surface area contributed by atoms with Crippen LogP contribution in [0.5, 0.6) is 0 Å². The maximum atomic E-state index is 4.33. The van der Waals surface area contributed by atoms with Crippen molar-refractivity contribution in [1.29, 1.82) is 0 Å². The van der Waals surface area contributed by atoms with Gasteiger partial charge in [0.25, 0.3) is 0 Å². The van der Waals surface area contributed by atoms with Crippen molar-refractivity contribution in [2.75, 3.05) is 0 Å². The van der Waals surface area contributed by atoms with Gasteiger partial charge in [-0.2, -0.15) is 0 Å². The van der Waals surface area contributed by atoms with Crippen molar-refractivity contribution in [2.45, 2.75) is 6.42 Å². The summed E-state index contributed by atoms with van der Waals surface area (Å²) in [7, 11) is 0. The van der Waals surface area contributed by atoms with Crippen molar-refractivity contribution in [3.05, 3.63) is 96.8 Å². The molecule has 0 N–H and O–H groups in total. The minimum Gasteiger partial charge on any atom is -0.302 e. The number of benzene rings is 2. The van der Waals surface area contributed by atoms with Gasteiger partial charge in [-0.1, -0.05) is 0 Å². The number of aromatic nitrogens is 4. The van der Waals surface area contributed by atoms with Crippen LogP contribution in [-0.2, 0) is 27.5 Å². The summed E-state index contributed by atoms with van der Waals surface area (Å²) in [5.74, 6) is 0. The summed E-state index contributed by atoms with van der Waals surface area (Å²) in [6.07, 6.45) is 10.9. The molecule has 0 bridgehead atoms. The van der Waals surface area contributed by atoms with Crippen molar-refractivity contribution in [3.63, 3.8) is 0 Å². The first-order valence-corrected chi connectivity index (χ1v) is 7.94. The largest absolute Gasteiger partial charge is 2.00 e. The monoisotopic (exact) mass is 517 g/mol. The molecule has 2 heterocycles. The van der Waals surface area contributed by atoms with Crippen LogP contribution in [0.15, 0.2) is 73.6 Å². The first-order chi connectivity index (χ1) is 12.4. The van der Waals surface area contributed by atoms with Crippen LogP contribution < -0.4 is 0 Å². The van der Waals surface area contributed by atoms with Crippen LogP contribution in [-0.4, -0.2) is 19.9 Å². The zero-order valence-corrected chi connectivity index (χ0v) is 16.0. The van der Waals surface area contributed by atoms with E-state index in [0.717, 1.165) is 40.1 Å². The fraction of sp³-hybridized carbons (Fsp3) is 0.0476. The maximum Gasteiger partial charge on any atom is 2.00 e. The Balaban J connectivity index is 0.00000196. The summed E-state index contributed by atoms with van der Waals surface area (Å²) in [4.78, 5) is 16.9. The quantitative estimate of drug-likeness (QED) is 0.387. The number of hydrogen-bond acceptors (Lipinski definition) is 4. The van der Waals surface area contributed by atoms with E-state index in [9.17, 15) is 0 Å². The maximum absolute atomic E-state index is 4.33. The van der Waals surface area contributed by atoms with Crippen LogP contribution in [0.2, 0.25) is 0 Å². The van der Waals surface area contributed by atoms with E-state index in [1.165, 1.54) is 0 Å². The molecule has 2 aromatic carbocycles. The molecule has 0 aliphatic heterocycles. The van der Waals surface area contributed by atoms with Crippen molar-refractivity contribution in [2.24, 2.45) is 0 Å². The first-order valence-electron chi connectivity index (χ1n) is 7.94. The molecular weight excluding hydrogens is 503 g/mol. The van der Waals surface area contributed by atoms with Gasteiger partial charge in [0.05, 0.1) is 0 Å². The Hall–Kier alpha value is -2.71. The fourth-order valence-corrected chi connectivity index (χ4v) is 2.62. The smallest absolute Gasteiger partial charge is 0.302 e. The van der Waals surface area contributed by atoms with Gasteiger partial charge in [-0.05, 0) is 6.42 Å². The molecule has 4 rings (SSSR count). The van der Waals surface area contributed by atoms with Crippen molar-refractivity contribution >= 4 is 0 Å². The molecule has 4 nitrogen and oxygen atoms in total. The molecule has 5 heteroatoms. The van der Waals surface area contributed by atoms with E-state index in [4.69, 9.17) is 0 Å². The van der Waals surface area contributed by atoms with Gasteiger partial charge in [-0.15, -0.1) is 70.8 Å². The molecule has 0 aliphatic carbocycles. The first kappa shape index (κ1) is 18.1. The number of rotatable bonds is 4. The second-order valence-corrected chi connectivity index (χ2v) is 5.54. The van der Waals surface area contributed by atoms with Crippen molar-refractivity contribution < 1.29 is 21.1 Å². The Morgan fingerprint density at radius 2 is 1.15 bits per heavy atom. The van der Waals surface area contributed by atoms with Crippen LogP contribution in [0.4, 0.5) is 0 Å². The Labute approximate surface area is 166 Å². The summed E-state index contributed by atoms with van der Waals surface area (Å²) in [5.41, 5.74) is 5.68. The van der Waals surface area contributed by atoms with Crippen LogP contribution in [0.25, 0.3) is 22.5 Å². The van der Waals surface area contributed by atoms with E-state index in [0.29, 0.717) is 0 Å². The molecular formula is C21H14N4Pt. The zero-order chi connectivity index (χ0) is 16.9. The van der Waals surface area contributed by atoms with Crippen LogP contribution in [0.1, 0.15) is 11.1 Å². The van der Waals surface area contributed by atoms with Crippen LogP contribution >= 0.6 is 0 Å². The SMILES string of the molecule is [Pt+2].[c-]1c(Cc2[c-]c(-c3cnccn3)ccc2)cccc1-c1cnccn1. The van der Waals surface area contributed by atoms with Crippen molar-refractivity contribution in [3.8, 4) is 22.5 Å². The van der Waals surface area contributed by atoms with Gasteiger partial charge in [-0.3, -0.25) is 9.97 Å². The topological polar surface area (TPSA) is 51.6 Å². The average Bonchev–Trinajstić information content (AvgIpc) is 2.70. The van der Waals surface area contributed by atoms with Gasteiger partial charge < -0.3 is 9.97 Å². The van der Waals surface area contributed by atoms with E-state index in [-0.39, 0.29) is 21.1 Å². The summed E-state index contributed by atoms with van der Waals surface area (Å²) in [5, 5.41) is 0. The molecule has 2 aromatic heterocycles. The number of hydrogen-bond donors (Lipinski definition) is 0. The Morgan fingerprint density at radius 3 is 1.58 bits per heavy atom. The van der Waals surface area contributed by atoms with E-state index in [1.807, 2.05) is 24.3 Å². The van der Waals surface area contributed by atoms with E-state index >= 15 is 0 Å². The molecule has 0 saturated heterocycles. The Kier molecular flexibility index (Phi) is 5.98. The Bertz CT molecular complexity index is 894. The van der Waals surface area contributed by atoms with E-state index in [1.54, 1.807) is 37.2 Å². The van der Waals surface area contributed by atoms with E-state index in [2.05, 4.69) is 44.2 Å².